The molecule has 0 N–H and O–H groups in total. The predicted molar refractivity (Wildman–Crippen MR) is 74.9 cm³/mol. The van der Waals surface area contributed by atoms with Gasteiger partial charge in [0.05, 0.1) is 6.57 Å². The average Bonchev–Trinajstić information content (AvgIpc) is 2.38. The van der Waals surface area contributed by atoms with E-state index in [9.17, 15) is 4.39 Å². The summed E-state index contributed by atoms with van der Waals surface area (Å²) in [6.45, 7) is 8.99. The molecule has 0 aliphatic rings. The van der Waals surface area contributed by atoms with Crippen molar-refractivity contribution in [3.63, 3.8) is 0 Å². The topological polar surface area (TPSA) is 4.36 Å². The number of thiocarbonyl (C=S) groups is 1. The first kappa shape index (κ1) is 12.4. The van der Waals surface area contributed by atoms with E-state index in [1.54, 1.807) is 12.1 Å². The maximum absolute atomic E-state index is 12.9. The first-order valence-corrected chi connectivity index (χ1v) is 5.81. The van der Waals surface area contributed by atoms with E-state index in [1.807, 2.05) is 25.1 Å². The van der Waals surface area contributed by atoms with E-state index in [2.05, 4.69) is 4.85 Å². The van der Waals surface area contributed by atoms with Crippen molar-refractivity contribution >= 4 is 17.2 Å². The molecule has 0 aliphatic carbocycles. The Bertz CT molecular complexity index is 639. The van der Waals surface area contributed by atoms with Gasteiger partial charge >= 0.3 is 0 Å². The molecule has 3 heteroatoms. The highest BCUT2D eigenvalue weighted by molar-refractivity contribution is 7.81. The lowest BCUT2D eigenvalue weighted by Gasteiger charge is -2.09. The van der Waals surface area contributed by atoms with Gasteiger partial charge in [-0.15, -0.1) is 12.2 Å². The molecule has 0 aromatic heterocycles. The third-order valence-electron chi connectivity index (χ3n) is 2.66. The second-order valence-corrected chi connectivity index (χ2v) is 4.36. The van der Waals surface area contributed by atoms with Gasteiger partial charge in [0, 0.05) is 0 Å². The fourth-order valence-corrected chi connectivity index (χ4v) is 1.95. The van der Waals surface area contributed by atoms with E-state index in [-0.39, 0.29) is 10.8 Å². The second kappa shape index (κ2) is 5.07. The predicted octanol–water partition coefficient (Wildman–Crippen LogP) is 4.40. The van der Waals surface area contributed by atoms with Gasteiger partial charge < -0.3 is 0 Å². The number of rotatable bonds is 2. The lowest BCUT2D eigenvalue weighted by molar-refractivity contribution is 0.628. The van der Waals surface area contributed by atoms with E-state index in [0.717, 1.165) is 22.3 Å². The Morgan fingerprint density at radius 1 is 1.17 bits per heavy atom. The molecule has 1 nitrogen and oxygen atoms in total. The Morgan fingerprint density at radius 3 is 2.44 bits per heavy atom. The van der Waals surface area contributed by atoms with Crippen LogP contribution in [0, 0.1) is 19.3 Å². The molecule has 0 spiro atoms. The van der Waals surface area contributed by atoms with Gasteiger partial charge in [-0.3, -0.25) is 0 Å². The van der Waals surface area contributed by atoms with Gasteiger partial charge in [-0.25, -0.2) is 9.24 Å². The van der Waals surface area contributed by atoms with Gasteiger partial charge in [0.2, 0.25) is 0 Å². The highest BCUT2D eigenvalue weighted by Crippen LogP contribution is 2.26. The molecule has 0 atom stereocenters. The SMILES string of the molecule is [C-]#[N+]C(=S)c1ccc(C)cc1-c1ccc(F)cc1. The Hall–Kier alpha value is -2.05. The summed E-state index contributed by atoms with van der Waals surface area (Å²) in [5.41, 5.74) is 3.53. The van der Waals surface area contributed by atoms with Crippen LogP contribution < -0.4 is 0 Å². The standard InChI is InChI=1S/C15H10FNS/c1-10-3-8-13(15(18)17-2)14(9-10)11-4-6-12(16)7-5-11/h3-9H,1H3. The van der Waals surface area contributed by atoms with E-state index >= 15 is 0 Å². The van der Waals surface area contributed by atoms with Crippen molar-refractivity contribution in [1.82, 2.24) is 0 Å². The fourth-order valence-electron chi connectivity index (χ4n) is 1.77. The van der Waals surface area contributed by atoms with Crippen LogP contribution in [0.1, 0.15) is 11.1 Å². The summed E-state index contributed by atoms with van der Waals surface area (Å²) in [5, 5.41) is 0. The van der Waals surface area contributed by atoms with Crippen molar-refractivity contribution in [1.29, 1.82) is 0 Å². The molecule has 18 heavy (non-hydrogen) atoms. The van der Waals surface area contributed by atoms with Crippen LogP contribution in [0.3, 0.4) is 0 Å². The Kier molecular flexibility index (Phi) is 3.50. The summed E-state index contributed by atoms with van der Waals surface area (Å²) in [5.74, 6) is -0.277. The maximum Gasteiger partial charge on any atom is 0.257 e. The molecule has 0 unspecified atom stereocenters. The minimum Gasteiger partial charge on any atom is -0.225 e. The summed E-state index contributed by atoms with van der Waals surface area (Å²) in [6.07, 6.45) is 0. The Balaban J connectivity index is 2.62. The van der Waals surface area contributed by atoms with Crippen molar-refractivity contribution < 1.29 is 4.39 Å². The average molecular weight is 255 g/mol. The lowest BCUT2D eigenvalue weighted by Crippen LogP contribution is -1.95. The molecule has 0 saturated heterocycles. The van der Waals surface area contributed by atoms with Gasteiger partial charge in [0.1, 0.15) is 5.82 Å². The third-order valence-corrected chi connectivity index (χ3v) is 2.97. The van der Waals surface area contributed by atoms with E-state index < -0.39 is 0 Å². The van der Waals surface area contributed by atoms with Crippen LogP contribution >= 0.6 is 12.2 Å². The molecule has 0 fully saturated rings. The van der Waals surface area contributed by atoms with Crippen LogP contribution in [0.2, 0.25) is 0 Å². The first-order valence-electron chi connectivity index (χ1n) is 5.40. The highest BCUT2D eigenvalue weighted by Gasteiger charge is 2.09. The molecular weight excluding hydrogens is 245 g/mol. The number of aryl methyl sites for hydroxylation is 1. The minimum atomic E-state index is -0.277. The van der Waals surface area contributed by atoms with Crippen LogP contribution in [-0.4, -0.2) is 4.99 Å². The summed E-state index contributed by atoms with van der Waals surface area (Å²) in [6, 6.07) is 11.9. The molecule has 0 radical (unpaired) electrons. The molecule has 2 rings (SSSR count). The quantitative estimate of drug-likeness (QED) is 0.568. The van der Waals surface area contributed by atoms with E-state index in [4.69, 9.17) is 18.8 Å². The molecule has 0 saturated carbocycles. The molecule has 2 aromatic carbocycles. The van der Waals surface area contributed by atoms with Gasteiger partial charge in [-0.2, -0.15) is 0 Å². The highest BCUT2D eigenvalue weighted by atomic mass is 32.1. The first-order chi connectivity index (χ1) is 8.61. The molecule has 0 aliphatic heterocycles. The fraction of sp³-hybridized carbons (Fsp3) is 0.0667. The van der Waals surface area contributed by atoms with Gasteiger partial charge in [0.15, 0.2) is 0 Å². The second-order valence-electron chi connectivity index (χ2n) is 3.97. The van der Waals surface area contributed by atoms with E-state index in [1.165, 1.54) is 12.1 Å². The lowest BCUT2D eigenvalue weighted by atomic mass is 9.97. The van der Waals surface area contributed by atoms with Crippen molar-refractivity contribution in [3.8, 4) is 11.1 Å². The monoisotopic (exact) mass is 255 g/mol. The molecule has 0 bridgehead atoms. The van der Waals surface area contributed by atoms with Crippen LogP contribution in [0.5, 0.6) is 0 Å². The zero-order chi connectivity index (χ0) is 13.1. The van der Waals surface area contributed by atoms with Crippen LogP contribution in [0.15, 0.2) is 42.5 Å². The van der Waals surface area contributed by atoms with E-state index in [0.29, 0.717) is 0 Å². The largest absolute Gasteiger partial charge is 0.257 e. The van der Waals surface area contributed by atoms with Gasteiger partial charge in [0.25, 0.3) is 4.99 Å². The molecule has 0 amide bonds. The van der Waals surface area contributed by atoms with Crippen molar-refractivity contribution in [2.24, 2.45) is 0 Å². The van der Waals surface area contributed by atoms with Crippen LogP contribution in [0.25, 0.3) is 16.0 Å². The number of hydrogen-bond acceptors (Lipinski definition) is 1. The zero-order valence-corrected chi connectivity index (χ0v) is 10.6. The summed E-state index contributed by atoms with van der Waals surface area (Å²) in [7, 11) is 0. The van der Waals surface area contributed by atoms with Crippen molar-refractivity contribution in [3.05, 3.63) is 70.8 Å². The number of hydrogen-bond donors (Lipinski definition) is 0. The summed E-state index contributed by atoms with van der Waals surface area (Å²) in [4.78, 5) is 3.53. The molecular formula is C15H10FNS. The Labute approximate surface area is 111 Å². The normalized spacial score (nSPS) is 9.83. The Morgan fingerprint density at radius 2 is 1.83 bits per heavy atom. The number of nitrogens with zero attached hydrogens (tertiary/aromatic N) is 1. The number of benzene rings is 2. The van der Waals surface area contributed by atoms with Crippen LogP contribution in [-0.2, 0) is 0 Å². The maximum atomic E-state index is 12.9. The third kappa shape index (κ3) is 2.44. The van der Waals surface area contributed by atoms with Gasteiger partial charge in [-0.05, 0) is 35.7 Å². The van der Waals surface area contributed by atoms with Gasteiger partial charge in [-0.1, -0.05) is 35.9 Å². The smallest absolute Gasteiger partial charge is 0.225 e. The minimum absolute atomic E-state index is 0.231. The van der Waals surface area contributed by atoms with Crippen molar-refractivity contribution in [2.45, 2.75) is 6.92 Å². The van der Waals surface area contributed by atoms with Crippen LogP contribution in [0.4, 0.5) is 4.39 Å². The molecule has 2 aromatic rings. The summed E-state index contributed by atoms with van der Waals surface area (Å²) >= 11 is 5.05. The van der Waals surface area contributed by atoms with Crippen molar-refractivity contribution in [2.75, 3.05) is 0 Å². The summed E-state index contributed by atoms with van der Waals surface area (Å²) < 4.78 is 12.9. The number of halogens is 1. The molecule has 88 valence electrons. The zero-order valence-electron chi connectivity index (χ0n) is 9.77. The molecule has 0 heterocycles.